The van der Waals surface area contributed by atoms with E-state index >= 15 is 0 Å². The first-order chi connectivity index (χ1) is 16.8. The Morgan fingerprint density at radius 2 is 1.91 bits per heavy atom. The zero-order chi connectivity index (χ0) is 24.4. The number of ether oxygens (including phenoxy) is 3. The number of aldehydes is 1. The summed E-state index contributed by atoms with van der Waals surface area (Å²) in [5, 5.41) is 12.3. The van der Waals surface area contributed by atoms with E-state index in [1.165, 1.54) is 6.29 Å². The van der Waals surface area contributed by atoms with Crippen molar-refractivity contribution in [3.8, 4) is 0 Å². The second kappa shape index (κ2) is 8.66. The number of rotatable bonds is 4. The highest BCUT2D eigenvalue weighted by Crippen LogP contribution is 2.69. The number of fused-ring (bicyclic) bond motifs is 5. The number of hydrogen-bond acceptors (Lipinski definition) is 6. The predicted molar refractivity (Wildman–Crippen MR) is 129 cm³/mol. The summed E-state index contributed by atoms with van der Waals surface area (Å²) in [6.07, 6.45) is 14.7. The average molecular weight is 487 g/mol. The average Bonchev–Trinajstić information content (AvgIpc) is 3.38. The largest absolute Gasteiger partial charge is 0.458 e. The summed E-state index contributed by atoms with van der Waals surface area (Å²) >= 11 is 0. The summed E-state index contributed by atoms with van der Waals surface area (Å²) < 4.78 is 17.7. The lowest BCUT2D eigenvalue weighted by atomic mass is 9.43. The van der Waals surface area contributed by atoms with Crippen LogP contribution in [0, 0.1) is 34.5 Å². The van der Waals surface area contributed by atoms with Gasteiger partial charge in [-0.2, -0.15) is 0 Å². The Labute approximate surface area is 209 Å². The van der Waals surface area contributed by atoms with E-state index in [-0.39, 0.29) is 53.1 Å². The molecule has 1 N–H and O–H groups in total. The molecule has 0 aromatic heterocycles. The van der Waals surface area contributed by atoms with E-state index in [0.717, 1.165) is 82.6 Å². The van der Waals surface area contributed by atoms with Crippen LogP contribution in [0.3, 0.4) is 0 Å². The molecule has 0 aromatic rings. The molecule has 6 heteroatoms. The molecule has 6 nitrogen and oxygen atoms in total. The zero-order valence-corrected chi connectivity index (χ0v) is 21.4. The van der Waals surface area contributed by atoms with Crippen molar-refractivity contribution >= 4 is 12.3 Å². The fourth-order valence-electron chi connectivity index (χ4n) is 9.70. The van der Waals surface area contributed by atoms with Crippen LogP contribution in [0.25, 0.3) is 0 Å². The summed E-state index contributed by atoms with van der Waals surface area (Å²) in [6.45, 7) is 4.73. The summed E-state index contributed by atoms with van der Waals surface area (Å²) in [5.74, 6) is 0.644. The maximum atomic E-state index is 12.9. The Kier molecular flexibility index (Phi) is 5.97. The highest BCUT2D eigenvalue weighted by molar-refractivity contribution is 5.85. The van der Waals surface area contributed by atoms with E-state index < -0.39 is 5.60 Å². The fraction of sp³-hybridized carbons (Fsp3) is 0.862. The molecule has 0 bridgehead atoms. The van der Waals surface area contributed by atoms with E-state index in [1.807, 2.05) is 0 Å². The highest BCUT2D eigenvalue weighted by atomic mass is 16.7. The van der Waals surface area contributed by atoms with Gasteiger partial charge in [-0.15, -0.1) is 0 Å². The van der Waals surface area contributed by atoms with Gasteiger partial charge < -0.3 is 24.1 Å². The van der Waals surface area contributed by atoms with E-state index in [0.29, 0.717) is 12.5 Å². The quantitative estimate of drug-likeness (QED) is 0.352. The number of esters is 1. The van der Waals surface area contributed by atoms with Crippen LogP contribution in [-0.4, -0.2) is 48.1 Å². The third kappa shape index (κ3) is 3.60. The smallest absolute Gasteiger partial charge is 0.331 e. The van der Waals surface area contributed by atoms with Crippen molar-refractivity contribution in [3.05, 3.63) is 11.6 Å². The number of hydrogen-bond donors (Lipinski definition) is 1. The molecule has 35 heavy (non-hydrogen) atoms. The van der Waals surface area contributed by atoms with Crippen molar-refractivity contribution in [1.82, 2.24) is 0 Å². The topological polar surface area (TPSA) is 82.1 Å². The van der Waals surface area contributed by atoms with Gasteiger partial charge in [0, 0.05) is 16.9 Å². The van der Waals surface area contributed by atoms with Crippen molar-refractivity contribution in [2.45, 2.75) is 115 Å². The normalized spacial score (nSPS) is 51.6. The summed E-state index contributed by atoms with van der Waals surface area (Å²) in [5.41, 5.74) is -0.333. The van der Waals surface area contributed by atoms with Gasteiger partial charge in [-0.05, 0) is 113 Å². The minimum Gasteiger partial charge on any atom is -0.458 e. The van der Waals surface area contributed by atoms with Crippen molar-refractivity contribution in [1.29, 1.82) is 0 Å². The van der Waals surface area contributed by atoms with Gasteiger partial charge >= 0.3 is 5.97 Å². The Bertz CT molecular complexity index is 900. The Balaban J connectivity index is 1.20. The van der Waals surface area contributed by atoms with Gasteiger partial charge in [-0.3, -0.25) is 0 Å². The summed E-state index contributed by atoms with van der Waals surface area (Å²) in [4.78, 5) is 24.7. The molecular formula is C29H42O6. The Morgan fingerprint density at radius 1 is 1.06 bits per heavy atom. The molecular weight excluding hydrogens is 444 g/mol. The number of aliphatic hydroxyl groups is 1. The van der Waals surface area contributed by atoms with Crippen LogP contribution in [-0.2, 0) is 23.8 Å². The molecule has 0 spiro atoms. The van der Waals surface area contributed by atoms with Crippen LogP contribution < -0.4 is 0 Å². The van der Waals surface area contributed by atoms with Crippen LogP contribution in [0.15, 0.2) is 11.6 Å². The van der Waals surface area contributed by atoms with Crippen molar-refractivity contribution in [3.63, 3.8) is 0 Å². The van der Waals surface area contributed by atoms with E-state index in [4.69, 9.17) is 14.2 Å². The van der Waals surface area contributed by atoms with Gasteiger partial charge in [0.15, 0.2) is 6.29 Å². The van der Waals surface area contributed by atoms with Crippen LogP contribution in [0.4, 0.5) is 0 Å². The lowest BCUT2D eigenvalue weighted by Gasteiger charge is -2.63. The second-order valence-electron chi connectivity index (χ2n) is 12.9. The molecule has 0 aromatic carbocycles. The lowest BCUT2D eigenvalue weighted by Crippen LogP contribution is -2.63. The molecule has 4 aliphatic carbocycles. The highest BCUT2D eigenvalue weighted by Gasteiger charge is 2.68. The van der Waals surface area contributed by atoms with Crippen LogP contribution in [0.2, 0.25) is 0 Å². The minimum atomic E-state index is -0.784. The van der Waals surface area contributed by atoms with E-state index in [9.17, 15) is 14.7 Å². The van der Waals surface area contributed by atoms with E-state index in [1.54, 1.807) is 6.08 Å². The van der Waals surface area contributed by atoms with Crippen molar-refractivity contribution in [2.24, 2.45) is 34.5 Å². The molecule has 1 saturated heterocycles. The molecule has 194 valence electrons. The van der Waals surface area contributed by atoms with Gasteiger partial charge in [-0.1, -0.05) is 6.92 Å². The second-order valence-corrected chi connectivity index (χ2v) is 12.9. The predicted octanol–water partition coefficient (Wildman–Crippen LogP) is 4.72. The third-order valence-corrected chi connectivity index (χ3v) is 11.5. The first kappa shape index (κ1) is 24.1. The number of cyclic esters (lactones) is 1. The number of carbonyl (C=O) groups is 2. The fourth-order valence-corrected chi connectivity index (χ4v) is 9.70. The van der Waals surface area contributed by atoms with Gasteiger partial charge in [0.05, 0.1) is 17.8 Å². The molecule has 2 heterocycles. The zero-order valence-electron chi connectivity index (χ0n) is 21.4. The lowest BCUT2D eigenvalue weighted by molar-refractivity contribution is -0.236. The molecule has 6 rings (SSSR count). The maximum absolute atomic E-state index is 12.9. The van der Waals surface area contributed by atoms with Crippen molar-refractivity contribution in [2.75, 3.05) is 6.61 Å². The molecule has 2 aliphatic heterocycles. The molecule has 10 unspecified atom stereocenters. The van der Waals surface area contributed by atoms with Crippen LogP contribution >= 0.6 is 0 Å². The van der Waals surface area contributed by atoms with Crippen LogP contribution in [0.1, 0.15) is 90.9 Å². The Hall–Kier alpha value is -1.24. The molecule has 4 saturated carbocycles. The number of carbonyl (C=O) groups excluding carboxylic acids is 2. The standard InChI is InChI=1S/C29H42O6/c1-18-4-3-5-26(34-18)35-21-8-12-28(17-30)20(15-21)6-7-24-23(28)9-11-27(2)22(10-13-29(24,27)32)19-14-25(31)33-16-19/h14,17-18,20-24,26,32H,3-13,15-16H2,1-2H3. The minimum absolute atomic E-state index is 0.101. The molecule has 10 atom stereocenters. The van der Waals surface area contributed by atoms with E-state index in [2.05, 4.69) is 13.8 Å². The first-order valence-electron chi connectivity index (χ1n) is 14.2. The molecule has 0 radical (unpaired) electrons. The maximum Gasteiger partial charge on any atom is 0.331 e. The molecule has 6 aliphatic rings. The Morgan fingerprint density at radius 3 is 2.66 bits per heavy atom. The molecule has 0 amide bonds. The van der Waals surface area contributed by atoms with Crippen LogP contribution in [0.5, 0.6) is 0 Å². The SMILES string of the molecule is CC1CCCC(OC2CCC3(C=O)C(CCC4C3CCC3(C)C(C5=CC(=O)OC5)CCC43O)C2)O1. The van der Waals surface area contributed by atoms with Gasteiger partial charge in [0.1, 0.15) is 12.9 Å². The summed E-state index contributed by atoms with van der Waals surface area (Å²) in [6, 6.07) is 0. The summed E-state index contributed by atoms with van der Waals surface area (Å²) in [7, 11) is 0. The third-order valence-electron chi connectivity index (χ3n) is 11.5. The van der Waals surface area contributed by atoms with Gasteiger partial charge in [-0.25, -0.2) is 4.79 Å². The van der Waals surface area contributed by atoms with Gasteiger partial charge in [0.25, 0.3) is 0 Å². The van der Waals surface area contributed by atoms with Crippen molar-refractivity contribution < 1.29 is 28.9 Å². The monoisotopic (exact) mass is 486 g/mol. The first-order valence-corrected chi connectivity index (χ1v) is 14.2. The molecule has 5 fully saturated rings. The van der Waals surface area contributed by atoms with Gasteiger partial charge in [0.2, 0.25) is 0 Å².